The monoisotopic (exact) mass is 264 g/mol. The molecule has 0 aromatic rings. The van der Waals surface area contributed by atoms with Gasteiger partial charge in [-0.3, -0.25) is 9.00 Å². The van der Waals surface area contributed by atoms with Crippen molar-refractivity contribution in [3.63, 3.8) is 0 Å². The summed E-state index contributed by atoms with van der Waals surface area (Å²) in [6.07, 6.45) is 1.40. The fourth-order valence-corrected chi connectivity index (χ4v) is 2.17. The van der Waals surface area contributed by atoms with E-state index in [0.717, 1.165) is 0 Å². The van der Waals surface area contributed by atoms with Gasteiger partial charge in [0, 0.05) is 34.4 Å². The summed E-state index contributed by atoms with van der Waals surface area (Å²) in [6, 6.07) is -0.671. The highest BCUT2D eigenvalue weighted by Gasteiger charge is 2.24. The van der Waals surface area contributed by atoms with Crippen LogP contribution in [0.5, 0.6) is 0 Å². The molecular formula is C10H20N2O4S. The van der Waals surface area contributed by atoms with E-state index in [2.05, 4.69) is 10.6 Å². The van der Waals surface area contributed by atoms with Gasteiger partial charge in [0.15, 0.2) is 0 Å². The molecule has 0 aliphatic heterocycles. The van der Waals surface area contributed by atoms with Gasteiger partial charge in [0.2, 0.25) is 0 Å². The standard InChI is InChI=1S/C10H20N2O4S/c1-7(6-17(4)16)11-9(15)12-10(2,3)5-8(13)14/h7H,5-6H2,1-4H3,(H,13,14)(H2,11,12,15). The van der Waals surface area contributed by atoms with Crippen molar-refractivity contribution in [3.05, 3.63) is 0 Å². The molecule has 0 saturated carbocycles. The molecule has 0 aliphatic carbocycles. The molecule has 0 bridgehead atoms. The molecule has 0 aliphatic rings. The van der Waals surface area contributed by atoms with Gasteiger partial charge in [-0.2, -0.15) is 0 Å². The predicted molar refractivity (Wildman–Crippen MR) is 66.4 cm³/mol. The summed E-state index contributed by atoms with van der Waals surface area (Å²) in [5.74, 6) is -0.606. The minimum absolute atomic E-state index is 0.158. The SMILES string of the molecule is CC(CS(C)=O)NC(=O)NC(C)(C)CC(=O)O. The second-order valence-electron chi connectivity index (χ2n) is 4.69. The van der Waals surface area contributed by atoms with E-state index in [-0.39, 0.29) is 12.5 Å². The van der Waals surface area contributed by atoms with Crippen LogP contribution < -0.4 is 10.6 Å². The van der Waals surface area contributed by atoms with Crippen LogP contribution in [0.4, 0.5) is 4.79 Å². The number of amides is 2. The predicted octanol–water partition coefficient (Wildman–Crippen LogP) is 0.306. The lowest BCUT2D eigenvalue weighted by Gasteiger charge is -2.25. The quantitative estimate of drug-likeness (QED) is 0.643. The van der Waals surface area contributed by atoms with Gasteiger partial charge in [0.25, 0.3) is 0 Å². The van der Waals surface area contributed by atoms with Crippen molar-refractivity contribution in [1.82, 2.24) is 10.6 Å². The Labute approximate surface area is 104 Å². The van der Waals surface area contributed by atoms with E-state index in [1.807, 2.05) is 0 Å². The van der Waals surface area contributed by atoms with Crippen molar-refractivity contribution in [3.8, 4) is 0 Å². The number of carbonyl (C=O) groups excluding carboxylic acids is 1. The summed E-state index contributed by atoms with van der Waals surface area (Å²) in [7, 11) is -0.981. The van der Waals surface area contributed by atoms with Crippen LogP contribution in [0.25, 0.3) is 0 Å². The van der Waals surface area contributed by atoms with Crippen LogP contribution in [0.2, 0.25) is 0 Å². The Balaban J connectivity index is 4.17. The van der Waals surface area contributed by atoms with Crippen molar-refractivity contribution >= 4 is 22.8 Å². The highest BCUT2D eigenvalue weighted by molar-refractivity contribution is 7.84. The maximum atomic E-state index is 11.5. The molecule has 2 unspecified atom stereocenters. The highest BCUT2D eigenvalue weighted by Crippen LogP contribution is 2.07. The fourth-order valence-electron chi connectivity index (χ4n) is 1.38. The summed E-state index contributed by atoms with van der Waals surface area (Å²) in [5, 5.41) is 13.8. The highest BCUT2D eigenvalue weighted by atomic mass is 32.2. The van der Waals surface area contributed by atoms with Crippen molar-refractivity contribution in [2.45, 2.75) is 38.8 Å². The maximum absolute atomic E-state index is 11.5. The molecule has 0 rings (SSSR count). The number of rotatable bonds is 6. The van der Waals surface area contributed by atoms with Crippen LogP contribution in [-0.4, -0.2) is 44.9 Å². The Morgan fingerprint density at radius 3 is 2.35 bits per heavy atom. The zero-order valence-corrected chi connectivity index (χ0v) is 11.4. The zero-order chi connectivity index (χ0) is 13.6. The van der Waals surface area contributed by atoms with Gasteiger partial charge in [-0.25, -0.2) is 4.79 Å². The molecule has 0 saturated heterocycles. The lowest BCUT2D eigenvalue weighted by atomic mass is 10.0. The van der Waals surface area contributed by atoms with Crippen molar-refractivity contribution in [2.24, 2.45) is 0 Å². The first-order valence-corrected chi connectivity index (χ1v) is 6.95. The lowest BCUT2D eigenvalue weighted by Crippen LogP contribution is -2.52. The summed E-state index contributed by atoms with van der Waals surface area (Å²) in [6.45, 7) is 5.00. The number of carboxylic acid groups (broad SMARTS) is 1. The number of hydrogen-bond acceptors (Lipinski definition) is 3. The maximum Gasteiger partial charge on any atom is 0.315 e. The number of carboxylic acids is 1. The largest absolute Gasteiger partial charge is 0.481 e. The average Bonchev–Trinajstić information content (AvgIpc) is 1.95. The van der Waals surface area contributed by atoms with E-state index < -0.39 is 28.3 Å². The average molecular weight is 264 g/mol. The molecule has 0 spiro atoms. The van der Waals surface area contributed by atoms with Gasteiger partial charge in [-0.05, 0) is 20.8 Å². The van der Waals surface area contributed by atoms with Crippen molar-refractivity contribution in [1.29, 1.82) is 0 Å². The van der Waals surface area contributed by atoms with Gasteiger partial charge < -0.3 is 15.7 Å². The normalized spacial score (nSPS) is 14.8. The molecule has 100 valence electrons. The number of urea groups is 1. The molecule has 2 amide bonds. The number of carbonyl (C=O) groups is 2. The Morgan fingerprint density at radius 1 is 1.41 bits per heavy atom. The van der Waals surface area contributed by atoms with Crippen LogP contribution in [0.1, 0.15) is 27.2 Å². The molecule has 17 heavy (non-hydrogen) atoms. The molecule has 6 nitrogen and oxygen atoms in total. The Bertz CT molecular complexity index is 317. The van der Waals surface area contributed by atoms with E-state index in [4.69, 9.17) is 5.11 Å². The third kappa shape index (κ3) is 8.67. The van der Waals surface area contributed by atoms with Crippen LogP contribution in [0.15, 0.2) is 0 Å². The van der Waals surface area contributed by atoms with Gasteiger partial charge in [-0.15, -0.1) is 0 Å². The molecular weight excluding hydrogens is 244 g/mol. The molecule has 2 atom stereocenters. The second kappa shape index (κ2) is 6.58. The third-order valence-corrected chi connectivity index (χ3v) is 2.88. The van der Waals surface area contributed by atoms with E-state index in [0.29, 0.717) is 5.75 Å². The zero-order valence-electron chi connectivity index (χ0n) is 10.6. The molecule has 0 heterocycles. The van der Waals surface area contributed by atoms with Gasteiger partial charge in [0.1, 0.15) is 0 Å². The van der Waals surface area contributed by atoms with Crippen LogP contribution >= 0.6 is 0 Å². The van der Waals surface area contributed by atoms with Crippen LogP contribution in [0.3, 0.4) is 0 Å². The van der Waals surface area contributed by atoms with E-state index in [1.165, 1.54) is 0 Å². The van der Waals surface area contributed by atoms with Crippen molar-refractivity contribution < 1.29 is 18.9 Å². The first-order chi connectivity index (χ1) is 7.62. The lowest BCUT2D eigenvalue weighted by molar-refractivity contribution is -0.138. The Morgan fingerprint density at radius 2 is 1.94 bits per heavy atom. The molecule has 7 heteroatoms. The smallest absolute Gasteiger partial charge is 0.315 e. The van der Waals surface area contributed by atoms with E-state index in [1.54, 1.807) is 27.0 Å². The van der Waals surface area contributed by atoms with Crippen LogP contribution in [-0.2, 0) is 15.6 Å². The Hall–Kier alpha value is -1.11. The topological polar surface area (TPSA) is 95.5 Å². The molecule has 0 aromatic heterocycles. The van der Waals surface area contributed by atoms with Crippen molar-refractivity contribution in [2.75, 3.05) is 12.0 Å². The fraction of sp³-hybridized carbons (Fsp3) is 0.800. The minimum Gasteiger partial charge on any atom is -0.481 e. The summed E-state index contributed by atoms with van der Waals surface area (Å²) in [5.41, 5.74) is -0.818. The second-order valence-corrected chi connectivity index (χ2v) is 6.17. The van der Waals surface area contributed by atoms with Crippen LogP contribution in [0, 0.1) is 0 Å². The number of hydrogen-bond donors (Lipinski definition) is 3. The Kier molecular flexibility index (Phi) is 6.15. The van der Waals surface area contributed by atoms with Gasteiger partial charge >= 0.3 is 12.0 Å². The number of nitrogens with one attached hydrogen (secondary N) is 2. The summed E-state index contributed by atoms with van der Waals surface area (Å²) >= 11 is 0. The third-order valence-electron chi connectivity index (χ3n) is 1.91. The first-order valence-electron chi connectivity index (χ1n) is 5.23. The summed E-state index contributed by atoms with van der Waals surface area (Å²) < 4.78 is 10.9. The minimum atomic E-state index is -0.981. The molecule has 0 radical (unpaired) electrons. The molecule has 0 fully saturated rings. The van der Waals surface area contributed by atoms with Gasteiger partial charge in [-0.1, -0.05) is 0 Å². The first kappa shape index (κ1) is 15.9. The number of aliphatic carboxylic acids is 1. The van der Waals surface area contributed by atoms with Gasteiger partial charge in [0.05, 0.1) is 6.42 Å². The van der Waals surface area contributed by atoms with E-state index in [9.17, 15) is 13.8 Å². The molecule has 3 N–H and O–H groups in total. The molecule has 0 aromatic carbocycles. The summed E-state index contributed by atoms with van der Waals surface area (Å²) in [4.78, 5) is 22.1. The van der Waals surface area contributed by atoms with E-state index >= 15 is 0 Å².